The normalized spacial score (nSPS) is 12.2. The second-order valence-electron chi connectivity index (χ2n) is 4.49. The fourth-order valence-corrected chi connectivity index (χ4v) is 2.82. The van der Waals surface area contributed by atoms with E-state index in [-0.39, 0.29) is 11.9 Å². The molecule has 0 radical (unpaired) electrons. The van der Waals surface area contributed by atoms with Crippen LogP contribution in [0.15, 0.2) is 34.9 Å². The molecule has 0 fully saturated rings. The first-order valence-corrected chi connectivity index (χ1v) is 7.51. The molecule has 0 aliphatic rings. The molecule has 0 aliphatic heterocycles. The first kappa shape index (κ1) is 15.4. The molecule has 1 aromatic heterocycles. The predicted molar refractivity (Wildman–Crippen MR) is 85.5 cm³/mol. The zero-order valence-electron chi connectivity index (χ0n) is 11.0. The maximum absolute atomic E-state index is 12.4. The number of aromatic amines is 1. The van der Waals surface area contributed by atoms with Gasteiger partial charge in [-0.15, -0.1) is 0 Å². The van der Waals surface area contributed by atoms with Gasteiger partial charge in [-0.2, -0.15) is 0 Å². The number of nitrogens with zero attached hydrogens (tertiary/aromatic N) is 1. The molecule has 0 saturated heterocycles. The van der Waals surface area contributed by atoms with Gasteiger partial charge in [-0.05, 0) is 46.6 Å². The van der Waals surface area contributed by atoms with E-state index in [1.807, 2.05) is 13.0 Å². The van der Waals surface area contributed by atoms with Crippen LogP contribution in [0.4, 0.5) is 0 Å². The molecule has 1 amide bonds. The predicted octanol–water partition coefficient (Wildman–Crippen LogP) is 4.92. The highest BCUT2D eigenvalue weighted by atomic mass is 79.9. The van der Waals surface area contributed by atoms with E-state index in [9.17, 15) is 4.79 Å². The second-order valence-corrected chi connectivity index (χ2v) is 6.25. The summed E-state index contributed by atoms with van der Waals surface area (Å²) in [5, 5.41) is 1.13. The summed E-state index contributed by atoms with van der Waals surface area (Å²) in [7, 11) is 1.74. The van der Waals surface area contributed by atoms with Crippen LogP contribution in [-0.4, -0.2) is 22.8 Å². The van der Waals surface area contributed by atoms with Crippen molar-refractivity contribution in [2.45, 2.75) is 13.0 Å². The number of carbonyl (C=O) groups is 1. The van der Waals surface area contributed by atoms with E-state index in [1.54, 1.807) is 36.3 Å². The molecule has 106 valence electrons. The highest BCUT2D eigenvalue weighted by Gasteiger charge is 2.21. The van der Waals surface area contributed by atoms with Crippen molar-refractivity contribution in [1.82, 2.24) is 9.88 Å². The smallest absolute Gasteiger partial charge is 0.270 e. The maximum atomic E-state index is 12.4. The zero-order chi connectivity index (χ0) is 14.9. The SMILES string of the molecule is CC(c1ccc(Cl)cc1Cl)N(C)C(=O)c1cc(Br)c[nH]1. The monoisotopic (exact) mass is 374 g/mol. The van der Waals surface area contributed by atoms with Gasteiger partial charge in [0, 0.05) is 27.8 Å². The first-order valence-electron chi connectivity index (χ1n) is 5.96. The van der Waals surface area contributed by atoms with Gasteiger partial charge < -0.3 is 9.88 Å². The van der Waals surface area contributed by atoms with Crippen molar-refractivity contribution >= 4 is 45.0 Å². The summed E-state index contributed by atoms with van der Waals surface area (Å²) in [6.07, 6.45) is 1.72. The number of hydrogen-bond acceptors (Lipinski definition) is 1. The quantitative estimate of drug-likeness (QED) is 0.812. The molecule has 2 rings (SSSR count). The first-order chi connectivity index (χ1) is 9.40. The van der Waals surface area contributed by atoms with Crippen LogP contribution < -0.4 is 0 Å². The zero-order valence-corrected chi connectivity index (χ0v) is 14.1. The van der Waals surface area contributed by atoms with Crippen molar-refractivity contribution in [3.63, 3.8) is 0 Å². The van der Waals surface area contributed by atoms with Crippen LogP contribution in [0.3, 0.4) is 0 Å². The molecule has 3 nitrogen and oxygen atoms in total. The summed E-state index contributed by atoms with van der Waals surface area (Å²) in [4.78, 5) is 16.9. The number of H-pyrrole nitrogens is 1. The van der Waals surface area contributed by atoms with Crippen molar-refractivity contribution < 1.29 is 4.79 Å². The van der Waals surface area contributed by atoms with Crippen molar-refractivity contribution in [2.24, 2.45) is 0 Å². The Labute approximate surface area is 136 Å². The van der Waals surface area contributed by atoms with Gasteiger partial charge in [-0.1, -0.05) is 29.3 Å². The number of halogens is 3. The number of hydrogen-bond donors (Lipinski definition) is 1. The Bertz CT molecular complexity index is 642. The summed E-state index contributed by atoms with van der Waals surface area (Å²) in [6.45, 7) is 1.92. The molecule has 0 aliphatic carbocycles. The topological polar surface area (TPSA) is 36.1 Å². The molecule has 1 heterocycles. The molecule has 1 unspecified atom stereocenters. The number of rotatable bonds is 3. The van der Waals surface area contributed by atoms with E-state index in [2.05, 4.69) is 20.9 Å². The standard InChI is InChI=1S/C14H13BrCl2N2O/c1-8(11-4-3-10(16)6-12(11)17)19(2)14(20)13-5-9(15)7-18-13/h3-8,18H,1-2H3. The summed E-state index contributed by atoms with van der Waals surface area (Å²) in [6, 6.07) is 6.87. The summed E-state index contributed by atoms with van der Waals surface area (Å²) >= 11 is 15.4. The Hall–Kier alpha value is -0.970. The lowest BCUT2D eigenvalue weighted by Gasteiger charge is -2.25. The van der Waals surface area contributed by atoms with Crippen LogP contribution in [-0.2, 0) is 0 Å². The molecule has 1 atom stereocenters. The third kappa shape index (κ3) is 3.19. The van der Waals surface area contributed by atoms with Crippen molar-refractivity contribution in [3.8, 4) is 0 Å². The number of carbonyl (C=O) groups excluding carboxylic acids is 1. The molecule has 0 saturated carbocycles. The van der Waals surface area contributed by atoms with E-state index in [1.165, 1.54) is 0 Å². The van der Waals surface area contributed by atoms with Crippen LogP contribution >= 0.6 is 39.1 Å². The van der Waals surface area contributed by atoms with E-state index in [0.29, 0.717) is 15.7 Å². The van der Waals surface area contributed by atoms with Crippen molar-refractivity contribution in [1.29, 1.82) is 0 Å². The summed E-state index contributed by atoms with van der Waals surface area (Å²) in [5.74, 6) is -0.103. The molecule has 1 N–H and O–H groups in total. The third-order valence-electron chi connectivity index (χ3n) is 3.19. The van der Waals surface area contributed by atoms with Gasteiger partial charge >= 0.3 is 0 Å². The van der Waals surface area contributed by atoms with Crippen molar-refractivity contribution in [2.75, 3.05) is 7.05 Å². The third-order valence-corrected chi connectivity index (χ3v) is 4.21. The molecule has 1 aromatic carbocycles. The molecule has 2 aromatic rings. The van der Waals surface area contributed by atoms with E-state index < -0.39 is 0 Å². The lowest BCUT2D eigenvalue weighted by Crippen LogP contribution is -2.30. The lowest BCUT2D eigenvalue weighted by molar-refractivity contribution is 0.0737. The van der Waals surface area contributed by atoms with E-state index in [0.717, 1.165) is 10.0 Å². The minimum atomic E-state index is -0.158. The Morgan fingerprint density at radius 2 is 2.05 bits per heavy atom. The van der Waals surface area contributed by atoms with Gasteiger partial charge in [-0.25, -0.2) is 0 Å². The molecular weight excluding hydrogens is 363 g/mol. The minimum Gasteiger partial charge on any atom is -0.356 e. The average Bonchev–Trinajstić information content (AvgIpc) is 2.83. The Morgan fingerprint density at radius 3 is 2.60 bits per heavy atom. The van der Waals surface area contributed by atoms with E-state index in [4.69, 9.17) is 23.2 Å². The second kappa shape index (κ2) is 6.20. The lowest BCUT2D eigenvalue weighted by atomic mass is 10.1. The van der Waals surface area contributed by atoms with Crippen LogP contribution in [0, 0.1) is 0 Å². The molecule has 0 spiro atoms. The summed E-state index contributed by atoms with van der Waals surface area (Å²) in [5.41, 5.74) is 1.38. The fraction of sp³-hybridized carbons (Fsp3) is 0.214. The number of aromatic nitrogens is 1. The van der Waals surface area contributed by atoms with Gasteiger partial charge in [-0.3, -0.25) is 4.79 Å². The highest BCUT2D eigenvalue weighted by molar-refractivity contribution is 9.10. The minimum absolute atomic E-state index is 0.103. The average molecular weight is 376 g/mol. The molecule has 20 heavy (non-hydrogen) atoms. The molecule has 6 heteroatoms. The maximum Gasteiger partial charge on any atom is 0.270 e. The van der Waals surface area contributed by atoms with Gasteiger partial charge in [0.2, 0.25) is 0 Å². The Kier molecular flexibility index (Phi) is 4.78. The molecular formula is C14H13BrCl2N2O. The molecule has 0 bridgehead atoms. The van der Waals surface area contributed by atoms with Gasteiger partial charge in [0.15, 0.2) is 0 Å². The van der Waals surface area contributed by atoms with Crippen molar-refractivity contribution in [3.05, 3.63) is 56.2 Å². The van der Waals surface area contributed by atoms with Gasteiger partial charge in [0.05, 0.1) is 6.04 Å². The summed E-state index contributed by atoms with van der Waals surface area (Å²) < 4.78 is 0.839. The van der Waals surface area contributed by atoms with Gasteiger partial charge in [0.1, 0.15) is 5.69 Å². The Balaban J connectivity index is 2.24. The van der Waals surface area contributed by atoms with Crippen LogP contribution in [0.5, 0.6) is 0 Å². The number of amides is 1. The Morgan fingerprint density at radius 1 is 1.35 bits per heavy atom. The van der Waals surface area contributed by atoms with Crippen LogP contribution in [0.1, 0.15) is 29.0 Å². The largest absolute Gasteiger partial charge is 0.356 e. The number of nitrogens with one attached hydrogen (secondary N) is 1. The number of benzene rings is 1. The van der Waals surface area contributed by atoms with E-state index >= 15 is 0 Å². The van der Waals surface area contributed by atoms with Crippen LogP contribution in [0.25, 0.3) is 0 Å². The van der Waals surface area contributed by atoms with Crippen LogP contribution in [0.2, 0.25) is 10.0 Å². The highest BCUT2D eigenvalue weighted by Crippen LogP contribution is 2.29. The van der Waals surface area contributed by atoms with Gasteiger partial charge in [0.25, 0.3) is 5.91 Å². The fourth-order valence-electron chi connectivity index (χ4n) is 1.91.